The summed E-state index contributed by atoms with van der Waals surface area (Å²) in [5.41, 5.74) is 2.14. The number of amides is 1. The molecule has 4 heteroatoms. The molecule has 0 aliphatic rings. The summed E-state index contributed by atoms with van der Waals surface area (Å²) in [7, 11) is 0. The van der Waals surface area contributed by atoms with Gasteiger partial charge in [-0.15, -0.1) is 0 Å². The number of hydrogen-bond acceptors (Lipinski definition) is 3. The summed E-state index contributed by atoms with van der Waals surface area (Å²) >= 11 is 0. The zero-order valence-corrected chi connectivity index (χ0v) is 13.7. The van der Waals surface area contributed by atoms with Crippen molar-refractivity contribution in [3.8, 4) is 11.5 Å². The topological polar surface area (TPSA) is 47.6 Å². The van der Waals surface area contributed by atoms with Crippen LogP contribution in [0.1, 0.15) is 17.3 Å². The molecule has 0 radical (unpaired) electrons. The van der Waals surface area contributed by atoms with Crippen molar-refractivity contribution in [1.29, 1.82) is 0 Å². The zero-order valence-electron chi connectivity index (χ0n) is 13.7. The summed E-state index contributed by atoms with van der Waals surface area (Å²) in [5.74, 6) is 1.16. The Morgan fingerprint density at radius 2 is 1.88 bits per heavy atom. The van der Waals surface area contributed by atoms with Crippen LogP contribution in [0.4, 0.5) is 5.69 Å². The summed E-state index contributed by atoms with van der Waals surface area (Å²) in [4.78, 5) is 12.3. The SMILES string of the molecule is C=CCOc1ccc(NC(=O)c2cccc(OCC(=C)C)c2)cc1. The minimum absolute atomic E-state index is 0.199. The van der Waals surface area contributed by atoms with Crippen LogP contribution in [-0.4, -0.2) is 19.1 Å². The summed E-state index contributed by atoms with van der Waals surface area (Å²) in [6.45, 7) is 10.2. The van der Waals surface area contributed by atoms with Gasteiger partial charge in [0, 0.05) is 11.3 Å². The van der Waals surface area contributed by atoms with E-state index in [1.807, 2.05) is 13.0 Å². The molecule has 1 amide bonds. The highest BCUT2D eigenvalue weighted by atomic mass is 16.5. The van der Waals surface area contributed by atoms with Gasteiger partial charge in [-0.25, -0.2) is 0 Å². The van der Waals surface area contributed by atoms with E-state index in [0.29, 0.717) is 30.2 Å². The van der Waals surface area contributed by atoms with Crippen molar-refractivity contribution in [2.45, 2.75) is 6.92 Å². The Morgan fingerprint density at radius 3 is 2.54 bits per heavy atom. The van der Waals surface area contributed by atoms with Gasteiger partial charge in [0.05, 0.1) is 0 Å². The van der Waals surface area contributed by atoms with Crippen LogP contribution in [0.25, 0.3) is 0 Å². The highest BCUT2D eigenvalue weighted by Gasteiger charge is 2.07. The normalized spacial score (nSPS) is 9.88. The number of nitrogens with one attached hydrogen (secondary N) is 1. The maximum atomic E-state index is 12.3. The van der Waals surface area contributed by atoms with E-state index < -0.39 is 0 Å². The first kappa shape index (κ1) is 17.3. The number of carbonyl (C=O) groups is 1. The van der Waals surface area contributed by atoms with Crippen molar-refractivity contribution in [3.63, 3.8) is 0 Å². The summed E-state index contributed by atoms with van der Waals surface area (Å²) in [6.07, 6.45) is 1.68. The first-order valence-electron chi connectivity index (χ1n) is 7.61. The van der Waals surface area contributed by atoms with Gasteiger partial charge >= 0.3 is 0 Å². The predicted octanol–water partition coefficient (Wildman–Crippen LogP) is 4.46. The molecule has 0 bridgehead atoms. The second-order valence-electron chi connectivity index (χ2n) is 5.35. The summed E-state index contributed by atoms with van der Waals surface area (Å²) < 4.78 is 11.0. The number of rotatable bonds is 8. The van der Waals surface area contributed by atoms with Crippen molar-refractivity contribution >= 4 is 11.6 Å². The number of carbonyl (C=O) groups excluding carboxylic acids is 1. The van der Waals surface area contributed by atoms with E-state index in [1.165, 1.54) is 0 Å². The maximum absolute atomic E-state index is 12.3. The first-order valence-corrected chi connectivity index (χ1v) is 7.61. The van der Waals surface area contributed by atoms with Gasteiger partial charge in [-0.1, -0.05) is 25.3 Å². The Balaban J connectivity index is 2.00. The number of benzene rings is 2. The minimum Gasteiger partial charge on any atom is -0.490 e. The van der Waals surface area contributed by atoms with Crippen LogP contribution in [-0.2, 0) is 0 Å². The fourth-order valence-corrected chi connectivity index (χ4v) is 1.93. The lowest BCUT2D eigenvalue weighted by Gasteiger charge is -2.09. The Labute approximate surface area is 142 Å². The highest BCUT2D eigenvalue weighted by Crippen LogP contribution is 2.18. The van der Waals surface area contributed by atoms with Gasteiger partial charge in [0.2, 0.25) is 0 Å². The molecule has 2 rings (SSSR count). The fourth-order valence-electron chi connectivity index (χ4n) is 1.93. The third kappa shape index (κ3) is 5.32. The van der Waals surface area contributed by atoms with Crippen molar-refractivity contribution in [2.75, 3.05) is 18.5 Å². The van der Waals surface area contributed by atoms with Crippen molar-refractivity contribution in [1.82, 2.24) is 0 Å². The molecule has 2 aromatic rings. The zero-order chi connectivity index (χ0) is 17.4. The van der Waals surface area contributed by atoms with Crippen LogP contribution in [0.3, 0.4) is 0 Å². The second-order valence-corrected chi connectivity index (χ2v) is 5.35. The van der Waals surface area contributed by atoms with Crippen LogP contribution in [0.2, 0.25) is 0 Å². The molecule has 0 aliphatic carbocycles. The Kier molecular flexibility index (Phi) is 6.20. The van der Waals surface area contributed by atoms with Gasteiger partial charge in [0.15, 0.2) is 0 Å². The molecular weight excluding hydrogens is 302 g/mol. The van der Waals surface area contributed by atoms with E-state index in [-0.39, 0.29) is 5.91 Å². The van der Waals surface area contributed by atoms with Gasteiger partial charge in [-0.05, 0) is 55.0 Å². The van der Waals surface area contributed by atoms with Crippen molar-refractivity contribution in [2.24, 2.45) is 0 Å². The molecule has 0 saturated heterocycles. The molecule has 0 fully saturated rings. The van der Waals surface area contributed by atoms with Gasteiger partial charge in [0.1, 0.15) is 24.7 Å². The molecule has 0 aliphatic heterocycles. The molecule has 0 heterocycles. The molecule has 0 aromatic heterocycles. The first-order chi connectivity index (χ1) is 11.6. The molecule has 2 aromatic carbocycles. The number of ether oxygens (including phenoxy) is 2. The molecule has 0 unspecified atom stereocenters. The summed E-state index contributed by atoms with van der Waals surface area (Å²) in [5, 5.41) is 2.85. The lowest BCUT2D eigenvalue weighted by atomic mass is 10.2. The largest absolute Gasteiger partial charge is 0.490 e. The molecule has 1 N–H and O–H groups in total. The van der Waals surface area contributed by atoms with E-state index in [4.69, 9.17) is 9.47 Å². The summed E-state index contributed by atoms with van der Waals surface area (Å²) in [6, 6.07) is 14.2. The maximum Gasteiger partial charge on any atom is 0.255 e. The van der Waals surface area contributed by atoms with Crippen molar-refractivity contribution in [3.05, 3.63) is 78.9 Å². The fraction of sp³-hybridized carbons (Fsp3) is 0.150. The van der Waals surface area contributed by atoms with E-state index in [2.05, 4.69) is 18.5 Å². The van der Waals surface area contributed by atoms with E-state index in [9.17, 15) is 4.79 Å². The molecular formula is C20H21NO3. The van der Waals surface area contributed by atoms with Gasteiger partial charge < -0.3 is 14.8 Å². The van der Waals surface area contributed by atoms with Crippen molar-refractivity contribution < 1.29 is 14.3 Å². The molecule has 24 heavy (non-hydrogen) atoms. The minimum atomic E-state index is -0.199. The van der Waals surface area contributed by atoms with Gasteiger partial charge in [0.25, 0.3) is 5.91 Å². The predicted molar refractivity (Wildman–Crippen MR) is 96.8 cm³/mol. The molecule has 4 nitrogen and oxygen atoms in total. The monoisotopic (exact) mass is 323 g/mol. The van der Waals surface area contributed by atoms with E-state index in [1.54, 1.807) is 48.5 Å². The number of anilines is 1. The lowest BCUT2D eigenvalue weighted by molar-refractivity contribution is 0.102. The van der Waals surface area contributed by atoms with E-state index in [0.717, 1.165) is 11.3 Å². The van der Waals surface area contributed by atoms with E-state index >= 15 is 0 Å². The molecule has 0 spiro atoms. The highest BCUT2D eigenvalue weighted by molar-refractivity contribution is 6.04. The molecule has 124 valence electrons. The van der Waals surface area contributed by atoms with Crippen LogP contribution < -0.4 is 14.8 Å². The third-order valence-electron chi connectivity index (χ3n) is 3.06. The number of hydrogen-bond donors (Lipinski definition) is 1. The van der Waals surface area contributed by atoms with Crippen LogP contribution >= 0.6 is 0 Å². The van der Waals surface area contributed by atoms with Gasteiger partial charge in [-0.2, -0.15) is 0 Å². The second kappa shape index (κ2) is 8.58. The molecule has 0 saturated carbocycles. The van der Waals surface area contributed by atoms with Crippen LogP contribution in [0.15, 0.2) is 73.3 Å². The average molecular weight is 323 g/mol. The smallest absolute Gasteiger partial charge is 0.255 e. The Hall–Kier alpha value is -3.01. The average Bonchev–Trinajstić information content (AvgIpc) is 2.59. The van der Waals surface area contributed by atoms with Crippen LogP contribution in [0, 0.1) is 0 Å². The standard InChI is InChI=1S/C20H21NO3/c1-4-12-23-18-10-8-17(9-11-18)21-20(22)16-6-5-7-19(13-16)24-14-15(2)3/h4-11,13H,1-2,12,14H2,3H3,(H,21,22). The third-order valence-corrected chi connectivity index (χ3v) is 3.06. The van der Waals surface area contributed by atoms with Crippen LogP contribution in [0.5, 0.6) is 11.5 Å². The lowest BCUT2D eigenvalue weighted by Crippen LogP contribution is -2.12. The van der Waals surface area contributed by atoms with Gasteiger partial charge in [-0.3, -0.25) is 4.79 Å². The Bertz CT molecular complexity index is 720. The Morgan fingerprint density at radius 1 is 1.12 bits per heavy atom. The molecule has 0 atom stereocenters. The quantitative estimate of drug-likeness (QED) is 0.730.